The van der Waals surface area contributed by atoms with Crippen LogP contribution in [0.1, 0.15) is 71.1 Å². The lowest BCUT2D eigenvalue weighted by molar-refractivity contribution is -0.137. The number of aliphatic carboxylic acids is 1. The first-order chi connectivity index (χ1) is 6.77. The van der Waals surface area contributed by atoms with Crippen LogP contribution in [0.4, 0.5) is 0 Å². The van der Waals surface area contributed by atoms with Crippen molar-refractivity contribution in [3.8, 4) is 0 Å². The first kappa shape index (κ1) is 17.4. The van der Waals surface area contributed by atoms with Gasteiger partial charge in [-0.1, -0.05) is 58.3 Å². The van der Waals surface area contributed by atoms with Crippen LogP contribution >= 0.6 is 0 Å². The van der Waals surface area contributed by atoms with Crippen molar-refractivity contribution in [1.29, 1.82) is 0 Å². The number of rotatable bonds is 10. The Morgan fingerprint density at radius 3 is 1.67 bits per heavy atom. The average molecular weight is 227 g/mol. The molecule has 0 aromatic heterocycles. The molecule has 0 aliphatic carbocycles. The van der Waals surface area contributed by atoms with Gasteiger partial charge in [0.2, 0.25) is 0 Å². The third-order valence-corrected chi connectivity index (χ3v) is 2.49. The summed E-state index contributed by atoms with van der Waals surface area (Å²) >= 11 is 0. The van der Waals surface area contributed by atoms with Crippen molar-refractivity contribution in [3.63, 3.8) is 0 Å². The molecule has 2 nitrogen and oxygen atoms in total. The normalized spacial score (nSPS) is 9.67. The molecule has 0 amide bonds. The molecule has 0 saturated carbocycles. The summed E-state index contributed by atoms with van der Waals surface area (Å²) in [7, 11) is 0. The molecule has 0 aliphatic rings. The fourth-order valence-corrected chi connectivity index (χ4v) is 1.59. The smallest absolute Gasteiger partial charge is 0.303 e. The maximum Gasteiger partial charge on any atom is 0.303 e. The van der Waals surface area contributed by atoms with Gasteiger partial charge in [0.1, 0.15) is 0 Å². The van der Waals surface area contributed by atoms with Crippen LogP contribution in [0.25, 0.3) is 0 Å². The number of carbonyl (C=O) groups is 1. The van der Waals surface area contributed by atoms with Crippen LogP contribution in [0.2, 0.25) is 0 Å². The van der Waals surface area contributed by atoms with Gasteiger partial charge < -0.3 is 5.11 Å². The lowest BCUT2D eigenvalue weighted by Gasteiger charge is -2.00. The Labute approximate surface area is 105 Å². The SMILES string of the molecule is CCCCCCCCCCCC(=O)O.[Al]. The molecule has 0 aliphatic heterocycles. The van der Waals surface area contributed by atoms with Crippen molar-refractivity contribution in [2.24, 2.45) is 0 Å². The molecule has 0 saturated heterocycles. The highest BCUT2D eigenvalue weighted by molar-refractivity contribution is 5.75. The minimum atomic E-state index is -0.659. The van der Waals surface area contributed by atoms with Crippen LogP contribution < -0.4 is 0 Å². The third kappa shape index (κ3) is 16.7. The zero-order valence-corrected chi connectivity index (χ0v) is 11.2. The Hall–Kier alpha value is 0.00247. The van der Waals surface area contributed by atoms with Crippen molar-refractivity contribution in [2.75, 3.05) is 0 Å². The molecule has 0 aromatic carbocycles. The second kappa shape index (κ2) is 14.0. The number of unbranched alkanes of at least 4 members (excludes halogenated alkanes) is 8. The van der Waals surface area contributed by atoms with Crippen molar-refractivity contribution in [2.45, 2.75) is 71.1 Å². The van der Waals surface area contributed by atoms with Crippen LogP contribution in [0.15, 0.2) is 0 Å². The van der Waals surface area contributed by atoms with E-state index in [1.54, 1.807) is 0 Å². The first-order valence-corrected chi connectivity index (χ1v) is 5.99. The molecule has 0 atom stereocenters. The minimum Gasteiger partial charge on any atom is -0.481 e. The standard InChI is InChI=1S/C12H24O2.Al/c1-2-3-4-5-6-7-8-9-10-11-12(13)14;/h2-11H2,1H3,(H,13,14);. The van der Waals surface area contributed by atoms with E-state index in [0.717, 1.165) is 12.8 Å². The van der Waals surface area contributed by atoms with Crippen molar-refractivity contribution in [3.05, 3.63) is 0 Å². The number of hydrogen-bond donors (Lipinski definition) is 1. The topological polar surface area (TPSA) is 37.3 Å². The Morgan fingerprint density at radius 1 is 0.867 bits per heavy atom. The highest BCUT2D eigenvalue weighted by Crippen LogP contribution is 2.10. The monoisotopic (exact) mass is 227 g/mol. The van der Waals surface area contributed by atoms with Gasteiger partial charge in [-0.05, 0) is 6.42 Å². The molecule has 3 radical (unpaired) electrons. The van der Waals surface area contributed by atoms with Crippen molar-refractivity contribution >= 4 is 23.3 Å². The summed E-state index contributed by atoms with van der Waals surface area (Å²) in [4.78, 5) is 10.2. The number of carboxylic acid groups (broad SMARTS) is 1. The second-order valence-corrected chi connectivity index (χ2v) is 3.97. The van der Waals surface area contributed by atoms with E-state index in [-0.39, 0.29) is 17.4 Å². The summed E-state index contributed by atoms with van der Waals surface area (Å²) < 4.78 is 0. The van der Waals surface area contributed by atoms with Crippen molar-refractivity contribution < 1.29 is 9.90 Å². The Balaban J connectivity index is 0. The third-order valence-electron chi connectivity index (χ3n) is 2.49. The zero-order valence-electron chi connectivity index (χ0n) is 10.0. The lowest BCUT2D eigenvalue weighted by atomic mass is 10.1. The predicted octanol–water partition coefficient (Wildman–Crippen LogP) is 3.61. The van der Waals surface area contributed by atoms with E-state index in [4.69, 9.17) is 5.11 Å². The summed E-state index contributed by atoms with van der Waals surface area (Å²) in [5.74, 6) is -0.659. The minimum absolute atomic E-state index is 0. The molecule has 3 heteroatoms. The molecule has 0 aromatic rings. The zero-order chi connectivity index (χ0) is 10.6. The molecule has 0 heterocycles. The summed E-state index contributed by atoms with van der Waals surface area (Å²) in [6.45, 7) is 2.23. The lowest BCUT2D eigenvalue weighted by Crippen LogP contribution is -1.93. The van der Waals surface area contributed by atoms with Crippen LogP contribution in [-0.4, -0.2) is 28.4 Å². The quantitative estimate of drug-likeness (QED) is 0.457. The van der Waals surface area contributed by atoms with Gasteiger partial charge in [-0.15, -0.1) is 0 Å². The molecule has 1 N–H and O–H groups in total. The van der Waals surface area contributed by atoms with Gasteiger partial charge in [-0.25, -0.2) is 0 Å². The van der Waals surface area contributed by atoms with Gasteiger partial charge >= 0.3 is 5.97 Å². The fourth-order valence-electron chi connectivity index (χ4n) is 1.59. The molecular weight excluding hydrogens is 203 g/mol. The summed E-state index contributed by atoms with van der Waals surface area (Å²) in [5, 5.41) is 8.41. The molecule has 0 bridgehead atoms. The molecule has 0 fully saturated rings. The second-order valence-electron chi connectivity index (χ2n) is 3.97. The van der Waals surface area contributed by atoms with Crippen LogP contribution in [-0.2, 0) is 4.79 Å². The van der Waals surface area contributed by atoms with E-state index >= 15 is 0 Å². The first-order valence-electron chi connectivity index (χ1n) is 5.99. The van der Waals surface area contributed by atoms with Crippen LogP contribution in [0.5, 0.6) is 0 Å². The predicted molar refractivity (Wildman–Crippen MR) is 65.2 cm³/mol. The van der Waals surface area contributed by atoms with E-state index in [0.29, 0.717) is 6.42 Å². The molecule has 0 unspecified atom stereocenters. The van der Waals surface area contributed by atoms with E-state index in [1.165, 1.54) is 44.9 Å². The van der Waals surface area contributed by atoms with Gasteiger partial charge in [0.05, 0.1) is 0 Å². The van der Waals surface area contributed by atoms with E-state index < -0.39 is 5.97 Å². The number of carboxylic acids is 1. The molecule has 0 spiro atoms. The maximum atomic E-state index is 10.2. The Kier molecular flexibility index (Phi) is 16.2. The summed E-state index contributed by atoms with van der Waals surface area (Å²) in [6, 6.07) is 0. The summed E-state index contributed by atoms with van der Waals surface area (Å²) in [6.07, 6.45) is 11.5. The highest BCUT2D eigenvalue weighted by Gasteiger charge is 1.96. The van der Waals surface area contributed by atoms with Crippen LogP contribution in [0.3, 0.4) is 0 Å². The highest BCUT2D eigenvalue weighted by atomic mass is 27.0. The Bertz CT molecular complexity index is 138. The fraction of sp³-hybridized carbons (Fsp3) is 0.917. The molecule has 15 heavy (non-hydrogen) atoms. The van der Waals surface area contributed by atoms with E-state index in [2.05, 4.69) is 6.92 Å². The largest absolute Gasteiger partial charge is 0.481 e. The van der Waals surface area contributed by atoms with Gasteiger partial charge in [-0.2, -0.15) is 0 Å². The number of hydrogen-bond acceptors (Lipinski definition) is 1. The van der Waals surface area contributed by atoms with Gasteiger partial charge in [0, 0.05) is 23.8 Å². The van der Waals surface area contributed by atoms with E-state index in [9.17, 15) is 4.79 Å². The molecular formula is C12H24AlO2. The maximum absolute atomic E-state index is 10.2. The average Bonchev–Trinajstić information content (AvgIpc) is 2.15. The molecule has 0 rings (SSSR count). The van der Waals surface area contributed by atoms with Crippen LogP contribution in [0, 0.1) is 0 Å². The van der Waals surface area contributed by atoms with E-state index in [1.807, 2.05) is 0 Å². The molecule has 87 valence electrons. The van der Waals surface area contributed by atoms with Gasteiger partial charge in [-0.3, -0.25) is 4.79 Å². The van der Waals surface area contributed by atoms with Gasteiger partial charge in [0.25, 0.3) is 0 Å². The van der Waals surface area contributed by atoms with Gasteiger partial charge in [0.15, 0.2) is 0 Å². The Morgan fingerprint density at radius 2 is 1.27 bits per heavy atom. The summed E-state index contributed by atoms with van der Waals surface area (Å²) in [5.41, 5.74) is 0. The van der Waals surface area contributed by atoms with Crippen molar-refractivity contribution in [1.82, 2.24) is 0 Å².